The number of rotatable bonds is 7. The number of ether oxygens (including phenoxy) is 2. The summed E-state index contributed by atoms with van der Waals surface area (Å²) in [5, 5.41) is 2.77. The summed E-state index contributed by atoms with van der Waals surface area (Å²) >= 11 is 0. The molecule has 9 heteroatoms. The molecule has 0 atom stereocenters. The van der Waals surface area contributed by atoms with E-state index in [0.29, 0.717) is 22.7 Å². The Balaban J connectivity index is 2.01. The van der Waals surface area contributed by atoms with E-state index >= 15 is 0 Å². The number of sulfone groups is 1. The maximum atomic E-state index is 13.4. The molecule has 0 saturated heterocycles. The van der Waals surface area contributed by atoms with Crippen molar-refractivity contribution in [3.8, 4) is 11.5 Å². The molecule has 180 valence electrons. The number of carbonyl (C=O) groups excluding carboxylic acids is 1. The van der Waals surface area contributed by atoms with Crippen molar-refractivity contribution in [3.63, 3.8) is 0 Å². The molecule has 0 saturated carbocycles. The Morgan fingerprint density at radius 3 is 2.18 bits per heavy atom. The lowest BCUT2D eigenvalue weighted by Gasteiger charge is -2.16. The number of methoxy groups -OCH3 is 2. The number of aryl methyl sites for hydroxylation is 4. The molecule has 8 nitrogen and oxygen atoms in total. The van der Waals surface area contributed by atoms with E-state index in [2.05, 4.69) is 5.32 Å². The molecule has 0 aliphatic heterocycles. The first-order chi connectivity index (χ1) is 16.0. The standard InChI is InChI=1S/C25H28N2O6S/c1-15-7-8-19(12-16(15)2)26-23(28)14-27-18(4)11-17(3)24(25(27)29)34(30,31)20-9-10-21(32-5)22(13-20)33-6/h7-13H,14H2,1-6H3,(H,26,28). The van der Waals surface area contributed by atoms with Crippen LogP contribution in [0.1, 0.15) is 22.4 Å². The minimum atomic E-state index is -4.20. The van der Waals surface area contributed by atoms with Crippen LogP contribution in [0.3, 0.4) is 0 Å². The van der Waals surface area contributed by atoms with Gasteiger partial charge in [0, 0.05) is 17.4 Å². The molecule has 0 fully saturated rings. The number of nitrogens with one attached hydrogen (secondary N) is 1. The largest absolute Gasteiger partial charge is 0.493 e. The highest BCUT2D eigenvalue weighted by molar-refractivity contribution is 7.91. The zero-order valence-corrected chi connectivity index (χ0v) is 20.9. The number of amides is 1. The first kappa shape index (κ1) is 25.0. The first-order valence-electron chi connectivity index (χ1n) is 10.5. The third kappa shape index (κ3) is 4.84. The molecule has 1 N–H and O–H groups in total. The second-order valence-electron chi connectivity index (χ2n) is 8.06. The van der Waals surface area contributed by atoms with E-state index in [4.69, 9.17) is 9.47 Å². The number of benzene rings is 2. The highest BCUT2D eigenvalue weighted by Gasteiger charge is 2.27. The van der Waals surface area contributed by atoms with Crippen molar-refractivity contribution in [1.29, 1.82) is 0 Å². The summed E-state index contributed by atoms with van der Waals surface area (Å²) < 4.78 is 38.4. The van der Waals surface area contributed by atoms with Crippen molar-refractivity contribution in [2.24, 2.45) is 0 Å². The van der Waals surface area contributed by atoms with Gasteiger partial charge in [0.25, 0.3) is 5.56 Å². The SMILES string of the molecule is COc1ccc(S(=O)(=O)c2c(C)cc(C)n(CC(=O)Nc3ccc(C)c(C)c3)c2=O)cc1OC. The predicted molar refractivity (Wildman–Crippen MR) is 130 cm³/mol. The van der Waals surface area contributed by atoms with Gasteiger partial charge in [-0.2, -0.15) is 0 Å². The molecule has 34 heavy (non-hydrogen) atoms. The Morgan fingerprint density at radius 2 is 1.56 bits per heavy atom. The van der Waals surface area contributed by atoms with Crippen LogP contribution in [0.25, 0.3) is 0 Å². The number of hydrogen-bond donors (Lipinski definition) is 1. The van der Waals surface area contributed by atoms with E-state index in [1.54, 1.807) is 26.0 Å². The summed E-state index contributed by atoms with van der Waals surface area (Å²) in [5.74, 6) is 0.149. The van der Waals surface area contributed by atoms with Gasteiger partial charge in [-0.15, -0.1) is 0 Å². The topological polar surface area (TPSA) is 104 Å². The van der Waals surface area contributed by atoms with Crippen LogP contribution in [0.15, 0.2) is 57.1 Å². The van der Waals surface area contributed by atoms with Crippen LogP contribution in [0.2, 0.25) is 0 Å². The Labute approximate surface area is 199 Å². The molecule has 0 radical (unpaired) electrons. The number of carbonyl (C=O) groups is 1. The zero-order valence-electron chi connectivity index (χ0n) is 20.1. The summed E-state index contributed by atoms with van der Waals surface area (Å²) in [4.78, 5) is 25.5. The van der Waals surface area contributed by atoms with Gasteiger partial charge in [-0.05, 0) is 74.7 Å². The lowest BCUT2D eigenvalue weighted by molar-refractivity contribution is -0.116. The maximum Gasteiger partial charge on any atom is 0.270 e. The van der Waals surface area contributed by atoms with Crippen molar-refractivity contribution in [3.05, 3.63) is 75.2 Å². The summed E-state index contributed by atoms with van der Waals surface area (Å²) in [5.41, 5.74) is 2.72. The molecule has 0 aliphatic carbocycles. The minimum absolute atomic E-state index is 0.111. The maximum absolute atomic E-state index is 13.4. The molecule has 1 heterocycles. The average molecular weight is 485 g/mol. The van der Waals surface area contributed by atoms with Crippen molar-refractivity contribution in [2.75, 3.05) is 19.5 Å². The highest BCUT2D eigenvalue weighted by Crippen LogP contribution is 2.32. The average Bonchev–Trinajstić information content (AvgIpc) is 2.78. The van der Waals surface area contributed by atoms with Gasteiger partial charge in [0.05, 0.1) is 19.1 Å². The summed E-state index contributed by atoms with van der Waals surface area (Å²) in [6.45, 7) is 6.79. The Morgan fingerprint density at radius 1 is 0.882 bits per heavy atom. The molecular formula is C25H28N2O6S. The molecule has 0 aliphatic rings. The van der Waals surface area contributed by atoms with Gasteiger partial charge in [0.2, 0.25) is 15.7 Å². The molecule has 2 aromatic carbocycles. The molecule has 0 bridgehead atoms. The third-order valence-electron chi connectivity index (χ3n) is 5.68. The van der Waals surface area contributed by atoms with E-state index in [-0.39, 0.29) is 22.1 Å². The molecular weight excluding hydrogens is 456 g/mol. The number of hydrogen-bond acceptors (Lipinski definition) is 6. The number of nitrogens with zero attached hydrogens (tertiary/aromatic N) is 1. The van der Waals surface area contributed by atoms with E-state index in [1.807, 2.05) is 26.0 Å². The lowest BCUT2D eigenvalue weighted by Crippen LogP contribution is -2.33. The van der Waals surface area contributed by atoms with Gasteiger partial charge < -0.3 is 19.4 Å². The second kappa shape index (κ2) is 9.72. The van der Waals surface area contributed by atoms with Gasteiger partial charge in [-0.25, -0.2) is 8.42 Å². The minimum Gasteiger partial charge on any atom is -0.493 e. The fourth-order valence-corrected chi connectivity index (χ4v) is 5.26. The smallest absolute Gasteiger partial charge is 0.270 e. The zero-order chi connectivity index (χ0) is 25.2. The van der Waals surface area contributed by atoms with Crippen molar-refractivity contribution in [1.82, 2.24) is 4.57 Å². The monoisotopic (exact) mass is 484 g/mol. The predicted octanol–water partition coefficient (Wildman–Crippen LogP) is 3.57. The summed E-state index contributed by atoms with van der Waals surface area (Å²) in [6.07, 6.45) is 0. The Hall–Kier alpha value is -3.59. The molecule has 0 spiro atoms. The van der Waals surface area contributed by atoms with E-state index in [0.717, 1.165) is 15.7 Å². The number of aromatic nitrogens is 1. The molecule has 3 aromatic rings. The normalized spacial score (nSPS) is 11.2. The van der Waals surface area contributed by atoms with Crippen LogP contribution < -0.4 is 20.3 Å². The fraction of sp³-hybridized carbons (Fsp3) is 0.280. The van der Waals surface area contributed by atoms with Crippen LogP contribution in [-0.4, -0.2) is 33.1 Å². The molecule has 0 unspecified atom stereocenters. The quantitative estimate of drug-likeness (QED) is 0.550. The van der Waals surface area contributed by atoms with E-state index < -0.39 is 21.3 Å². The van der Waals surface area contributed by atoms with Crippen molar-refractivity contribution in [2.45, 2.75) is 44.0 Å². The number of anilines is 1. The third-order valence-corrected chi connectivity index (χ3v) is 7.58. The Kier molecular flexibility index (Phi) is 7.16. The van der Waals surface area contributed by atoms with Crippen LogP contribution in [0.4, 0.5) is 5.69 Å². The van der Waals surface area contributed by atoms with Crippen LogP contribution in [-0.2, 0) is 21.2 Å². The molecule has 1 amide bonds. The van der Waals surface area contributed by atoms with Gasteiger partial charge in [-0.1, -0.05) is 6.07 Å². The summed E-state index contributed by atoms with van der Waals surface area (Å²) in [7, 11) is -1.37. The Bertz CT molecular complexity index is 1420. The van der Waals surface area contributed by atoms with Crippen LogP contribution in [0, 0.1) is 27.7 Å². The van der Waals surface area contributed by atoms with Crippen molar-refractivity contribution < 1.29 is 22.7 Å². The van der Waals surface area contributed by atoms with Gasteiger partial charge in [-0.3, -0.25) is 9.59 Å². The van der Waals surface area contributed by atoms with Crippen LogP contribution in [0.5, 0.6) is 11.5 Å². The van der Waals surface area contributed by atoms with E-state index in [1.165, 1.54) is 32.4 Å². The first-order valence-corrected chi connectivity index (χ1v) is 12.0. The van der Waals surface area contributed by atoms with Crippen molar-refractivity contribution >= 4 is 21.4 Å². The van der Waals surface area contributed by atoms with E-state index in [9.17, 15) is 18.0 Å². The highest BCUT2D eigenvalue weighted by atomic mass is 32.2. The fourth-order valence-electron chi connectivity index (χ4n) is 3.70. The molecule has 1 aromatic heterocycles. The second-order valence-corrected chi connectivity index (χ2v) is 9.94. The number of pyridine rings is 1. The van der Waals surface area contributed by atoms with Gasteiger partial charge in [0.15, 0.2) is 11.5 Å². The molecule has 3 rings (SSSR count). The lowest BCUT2D eigenvalue weighted by atomic mass is 10.1. The summed E-state index contributed by atoms with van der Waals surface area (Å²) in [6, 6.07) is 11.2. The van der Waals surface area contributed by atoms with Gasteiger partial charge in [0.1, 0.15) is 11.4 Å². The van der Waals surface area contributed by atoms with Gasteiger partial charge >= 0.3 is 0 Å². The van der Waals surface area contributed by atoms with Crippen LogP contribution >= 0.6 is 0 Å².